The van der Waals surface area contributed by atoms with E-state index in [4.69, 9.17) is 0 Å². The number of aromatic nitrogens is 1. The summed E-state index contributed by atoms with van der Waals surface area (Å²) in [5.74, 6) is -1.23. The van der Waals surface area contributed by atoms with E-state index < -0.39 is 16.0 Å². The SMILES string of the molecule is Cc1ccc(S(=O)(=O)Nc2cc(C(=O)O)nc3ccccc23)cc1. The number of pyridine rings is 1. The molecular weight excluding hydrogens is 328 g/mol. The predicted octanol–water partition coefficient (Wildman–Crippen LogP) is 3.04. The Bertz CT molecular complexity index is 1030. The van der Waals surface area contributed by atoms with Crippen molar-refractivity contribution in [3.05, 3.63) is 65.9 Å². The Morgan fingerprint density at radius 3 is 2.42 bits per heavy atom. The van der Waals surface area contributed by atoms with Crippen LogP contribution >= 0.6 is 0 Å². The van der Waals surface area contributed by atoms with Gasteiger partial charge in [0, 0.05) is 5.39 Å². The average Bonchev–Trinajstić information content (AvgIpc) is 2.54. The maximum Gasteiger partial charge on any atom is 0.354 e. The number of fused-ring (bicyclic) bond motifs is 1. The topological polar surface area (TPSA) is 96.4 Å². The van der Waals surface area contributed by atoms with E-state index in [0.29, 0.717) is 10.9 Å². The fourth-order valence-corrected chi connectivity index (χ4v) is 3.36. The molecule has 2 aromatic carbocycles. The van der Waals surface area contributed by atoms with Crippen LogP contribution in [0.4, 0.5) is 5.69 Å². The molecule has 2 N–H and O–H groups in total. The molecule has 3 rings (SSSR count). The lowest BCUT2D eigenvalue weighted by atomic mass is 10.1. The first kappa shape index (κ1) is 15.9. The van der Waals surface area contributed by atoms with Gasteiger partial charge in [-0.15, -0.1) is 0 Å². The Kier molecular flexibility index (Phi) is 3.94. The van der Waals surface area contributed by atoms with Gasteiger partial charge in [0.15, 0.2) is 5.69 Å². The number of hydrogen-bond acceptors (Lipinski definition) is 4. The standard InChI is InChI=1S/C17H14N2O4S/c1-11-6-8-12(9-7-11)24(22,23)19-15-10-16(17(20)21)18-14-5-3-2-4-13(14)15/h2-10H,1H3,(H,18,19)(H,20,21). The molecular formula is C17H14N2O4S. The molecule has 0 aliphatic rings. The number of sulfonamides is 1. The summed E-state index contributed by atoms with van der Waals surface area (Å²) in [6.07, 6.45) is 0. The van der Waals surface area contributed by atoms with Crippen molar-refractivity contribution >= 4 is 32.6 Å². The lowest BCUT2D eigenvalue weighted by Gasteiger charge is -2.11. The molecule has 0 saturated heterocycles. The molecule has 0 atom stereocenters. The molecule has 6 nitrogen and oxygen atoms in total. The monoisotopic (exact) mass is 342 g/mol. The molecule has 1 aromatic heterocycles. The van der Waals surface area contributed by atoms with E-state index >= 15 is 0 Å². The summed E-state index contributed by atoms with van der Waals surface area (Å²) >= 11 is 0. The molecule has 0 bridgehead atoms. The number of benzene rings is 2. The van der Waals surface area contributed by atoms with Crippen molar-refractivity contribution < 1.29 is 18.3 Å². The molecule has 7 heteroatoms. The van der Waals surface area contributed by atoms with Crippen LogP contribution in [-0.2, 0) is 10.0 Å². The number of aromatic carboxylic acids is 1. The van der Waals surface area contributed by atoms with Gasteiger partial charge in [-0.1, -0.05) is 35.9 Å². The third-order valence-corrected chi connectivity index (χ3v) is 4.89. The van der Waals surface area contributed by atoms with Crippen molar-refractivity contribution in [2.45, 2.75) is 11.8 Å². The second-order valence-electron chi connectivity index (χ2n) is 5.30. The number of anilines is 1. The van der Waals surface area contributed by atoms with Crippen LogP contribution in [0.1, 0.15) is 16.1 Å². The lowest BCUT2D eigenvalue weighted by Crippen LogP contribution is -2.14. The third-order valence-electron chi connectivity index (χ3n) is 3.51. The summed E-state index contributed by atoms with van der Waals surface area (Å²) in [4.78, 5) is 15.3. The molecule has 1 heterocycles. The normalized spacial score (nSPS) is 11.4. The minimum absolute atomic E-state index is 0.103. The molecule has 0 aliphatic carbocycles. The van der Waals surface area contributed by atoms with Gasteiger partial charge in [0.2, 0.25) is 0 Å². The third kappa shape index (κ3) is 3.07. The van der Waals surface area contributed by atoms with Crippen LogP contribution in [-0.4, -0.2) is 24.5 Å². The summed E-state index contributed by atoms with van der Waals surface area (Å²) in [5.41, 5.74) is 1.30. The van der Waals surface area contributed by atoms with Crippen molar-refractivity contribution in [1.29, 1.82) is 0 Å². The predicted molar refractivity (Wildman–Crippen MR) is 90.7 cm³/mol. The summed E-state index contributed by atoms with van der Waals surface area (Å²) in [6.45, 7) is 1.86. The zero-order valence-corrected chi connectivity index (χ0v) is 13.5. The highest BCUT2D eigenvalue weighted by Gasteiger charge is 2.18. The lowest BCUT2D eigenvalue weighted by molar-refractivity contribution is 0.0691. The van der Waals surface area contributed by atoms with E-state index in [0.717, 1.165) is 5.56 Å². The number of carboxylic acid groups (broad SMARTS) is 1. The van der Waals surface area contributed by atoms with Gasteiger partial charge in [0.25, 0.3) is 10.0 Å². The highest BCUT2D eigenvalue weighted by molar-refractivity contribution is 7.92. The smallest absolute Gasteiger partial charge is 0.354 e. The number of para-hydroxylation sites is 1. The number of carbonyl (C=O) groups is 1. The molecule has 122 valence electrons. The number of rotatable bonds is 4. The number of nitrogens with zero attached hydrogens (tertiary/aromatic N) is 1. The van der Waals surface area contributed by atoms with Gasteiger partial charge in [-0.3, -0.25) is 4.72 Å². The first-order valence-corrected chi connectivity index (χ1v) is 8.58. The summed E-state index contributed by atoms with van der Waals surface area (Å²) in [7, 11) is -3.83. The number of hydrogen-bond donors (Lipinski definition) is 2. The summed E-state index contributed by atoms with van der Waals surface area (Å²) < 4.78 is 27.6. The van der Waals surface area contributed by atoms with Gasteiger partial charge in [0.1, 0.15) is 0 Å². The Morgan fingerprint density at radius 1 is 1.08 bits per heavy atom. The maximum atomic E-state index is 12.6. The van der Waals surface area contributed by atoms with Crippen molar-refractivity contribution in [3.63, 3.8) is 0 Å². The number of carboxylic acids is 1. The van der Waals surface area contributed by atoms with Crippen molar-refractivity contribution in [1.82, 2.24) is 4.98 Å². The molecule has 0 unspecified atom stereocenters. The van der Waals surface area contributed by atoms with E-state index in [1.807, 2.05) is 6.92 Å². The number of nitrogens with one attached hydrogen (secondary N) is 1. The summed E-state index contributed by atoms with van der Waals surface area (Å²) in [5, 5.41) is 9.70. The first-order chi connectivity index (χ1) is 11.4. The van der Waals surface area contributed by atoms with Gasteiger partial charge in [-0.25, -0.2) is 18.2 Å². The molecule has 0 amide bonds. The summed E-state index contributed by atoms with van der Waals surface area (Å²) in [6, 6.07) is 14.4. The van der Waals surface area contributed by atoms with Gasteiger partial charge in [-0.2, -0.15) is 0 Å². The maximum absolute atomic E-state index is 12.6. The van der Waals surface area contributed by atoms with Crippen molar-refractivity contribution in [3.8, 4) is 0 Å². The molecule has 0 fully saturated rings. The first-order valence-electron chi connectivity index (χ1n) is 7.09. The molecule has 0 aliphatic heterocycles. The van der Waals surface area contributed by atoms with Gasteiger partial charge < -0.3 is 5.11 Å². The van der Waals surface area contributed by atoms with Gasteiger partial charge in [-0.05, 0) is 31.2 Å². The largest absolute Gasteiger partial charge is 0.477 e. The molecule has 0 spiro atoms. The fraction of sp³-hybridized carbons (Fsp3) is 0.0588. The van der Waals surface area contributed by atoms with Crippen LogP contribution in [0.15, 0.2) is 59.5 Å². The highest BCUT2D eigenvalue weighted by Crippen LogP contribution is 2.26. The van der Waals surface area contributed by atoms with Crippen LogP contribution in [0.3, 0.4) is 0 Å². The Hall–Kier alpha value is -2.93. The molecule has 0 radical (unpaired) electrons. The second kappa shape index (κ2) is 5.93. The molecule has 24 heavy (non-hydrogen) atoms. The van der Waals surface area contributed by atoms with Crippen molar-refractivity contribution in [2.75, 3.05) is 4.72 Å². The molecule has 3 aromatic rings. The van der Waals surface area contributed by atoms with Gasteiger partial charge in [0.05, 0.1) is 16.1 Å². The van der Waals surface area contributed by atoms with Crippen LogP contribution in [0.25, 0.3) is 10.9 Å². The van der Waals surface area contributed by atoms with Crippen molar-refractivity contribution in [2.24, 2.45) is 0 Å². The van der Waals surface area contributed by atoms with Crippen LogP contribution in [0, 0.1) is 6.92 Å². The van der Waals surface area contributed by atoms with Crippen LogP contribution in [0.2, 0.25) is 0 Å². The zero-order chi connectivity index (χ0) is 17.3. The minimum Gasteiger partial charge on any atom is -0.477 e. The van der Waals surface area contributed by atoms with E-state index in [1.54, 1.807) is 36.4 Å². The zero-order valence-electron chi connectivity index (χ0n) is 12.7. The van der Waals surface area contributed by atoms with Crippen LogP contribution in [0.5, 0.6) is 0 Å². The second-order valence-corrected chi connectivity index (χ2v) is 6.98. The van der Waals surface area contributed by atoms with E-state index in [1.165, 1.54) is 18.2 Å². The Morgan fingerprint density at radius 2 is 1.75 bits per heavy atom. The quantitative estimate of drug-likeness (QED) is 0.759. The highest BCUT2D eigenvalue weighted by atomic mass is 32.2. The minimum atomic E-state index is -3.83. The van der Waals surface area contributed by atoms with E-state index in [9.17, 15) is 18.3 Å². The van der Waals surface area contributed by atoms with Crippen LogP contribution < -0.4 is 4.72 Å². The molecule has 0 saturated carbocycles. The van der Waals surface area contributed by atoms with E-state index in [2.05, 4.69) is 9.71 Å². The van der Waals surface area contributed by atoms with E-state index in [-0.39, 0.29) is 16.3 Å². The number of aryl methyl sites for hydroxylation is 1. The Labute approximate surface area is 138 Å². The fourth-order valence-electron chi connectivity index (χ4n) is 2.29. The Balaban J connectivity index is 2.12. The van der Waals surface area contributed by atoms with Gasteiger partial charge >= 0.3 is 5.97 Å². The average molecular weight is 342 g/mol.